The van der Waals surface area contributed by atoms with E-state index in [1.807, 2.05) is 37.3 Å². The number of rotatable bonds is 5. The van der Waals surface area contributed by atoms with Crippen LogP contribution in [0.5, 0.6) is 5.75 Å². The highest BCUT2D eigenvalue weighted by atomic mass is 79.9. The first-order valence-corrected chi connectivity index (χ1v) is 6.48. The molecule has 1 aromatic heterocycles. The highest BCUT2D eigenvalue weighted by Gasteiger charge is 2.20. The van der Waals surface area contributed by atoms with Crippen LogP contribution < -0.4 is 16.0 Å². The van der Waals surface area contributed by atoms with Gasteiger partial charge in [0.1, 0.15) is 5.75 Å². The van der Waals surface area contributed by atoms with Crippen molar-refractivity contribution in [2.75, 3.05) is 6.61 Å². The molecule has 0 aliphatic carbocycles. The van der Waals surface area contributed by atoms with Gasteiger partial charge in [-0.3, -0.25) is 5.84 Å². The van der Waals surface area contributed by atoms with Gasteiger partial charge in [0.05, 0.1) is 18.9 Å². The minimum atomic E-state index is -0.180. The summed E-state index contributed by atoms with van der Waals surface area (Å²) in [4.78, 5) is 0. The third-order valence-corrected chi connectivity index (χ3v) is 3.30. The van der Waals surface area contributed by atoms with E-state index in [-0.39, 0.29) is 6.04 Å². The molecule has 0 saturated heterocycles. The molecule has 0 amide bonds. The smallest absolute Gasteiger partial charge is 0.174 e. The Kier molecular flexibility index (Phi) is 4.41. The van der Waals surface area contributed by atoms with Gasteiger partial charge in [-0.25, -0.2) is 5.43 Å². The monoisotopic (exact) mass is 310 g/mol. The first-order chi connectivity index (χ1) is 8.77. The third kappa shape index (κ3) is 2.58. The van der Waals surface area contributed by atoms with Gasteiger partial charge < -0.3 is 9.15 Å². The summed E-state index contributed by atoms with van der Waals surface area (Å²) < 4.78 is 11.5. The highest BCUT2D eigenvalue weighted by molar-refractivity contribution is 9.10. The lowest BCUT2D eigenvalue weighted by molar-refractivity contribution is 0.333. The molecule has 4 nitrogen and oxygen atoms in total. The number of hydrogen-bond acceptors (Lipinski definition) is 4. The van der Waals surface area contributed by atoms with Gasteiger partial charge in [0.15, 0.2) is 4.67 Å². The van der Waals surface area contributed by atoms with E-state index in [9.17, 15) is 0 Å². The van der Waals surface area contributed by atoms with E-state index in [4.69, 9.17) is 15.0 Å². The predicted molar refractivity (Wildman–Crippen MR) is 73.2 cm³/mol. The van der Waals surface area contributed by atoms with Gasteiger partial charge in [-0.15, -0.1) is 0 Å². The number of halogens is 1. The second-order valence-electron chi connectivity index (χ2n) is 3.72. The van der Waals surface area contributed by atoms with Crippen LogP contribution in [0.1, 0.15) is 24.1 Å². The molecule has 0 radical (unpaired) electrons. The molecule has 0 spiro atoms. The first kappa shape index (κ1) is 13.1. The van der Waals surface area contributed by atoms with Crippen LogP contribution in [0.15, 0.2) is 45.7 Å². The molecule has 2 aromatic rings. The Morgan fingerprint density at radius 1 is 1.33 bits per heavy atom. The number of para-hydroxylation sites is 1. The molecular weight excluding hydrogens is 296 g/mol. The van der Waals surface area contributed by atoms with Crippen molar-refractivity contribution >= 4 is 15.9 Å². The zero-order valence-corrected chi connectivity index (χ0v) is 11.6. The molecule has 96 valence electrons. The number of benzene rings is 1. The van der Waals surface area contributed by atoms with E-state index in [2.05, 4.69) is 21.4 Å². The maximum atomic E-state index is 5.66. The van der Waals surface area contributed by atoms with Crippen molar-refractivity contribution in [1.82, 2.24) is 5.43 Å². The van der Waals surface area contributed by atoms with Gasteiger partial charge in [0.2, 0.25) is 0 Å². The zero-order chi connectivity index (χ0) is 13.0. The van der Waals surface area contributed by atoms with E-state index in [1.165, 1.54) is 0 Å². The van der Waals surface area contributed by atoms with E-state index < -0.39 is 0 Å². The highest BCUT2D eigenvalue weighted by Crippen LogP contribution is 2.33. The van der Waals surface area contributed by atoms with Gasteiger partial charge in [-0.2, -0.15) is 0 Å². The molecule has 5 heteroatoms. The van der Waals surface area contributed by atoms with E-state index in [0.717, 1.165) is 16.9 Å². The summed E-state index contributed by atoms with van der Waals surface area (Å²) in [5, 5.41) is 0. The molecule has 1 unspecified atom stereocenters. The third-order valence-electron chi connectivity index (χ3n) is 2.65. The molecular formula is C13H15BrN2O2. The largest absolute Gasteiger partial charge is 0.494 e. The SMILES string of the molecule is CCOc1ccccc1C(NN)c1ccoc1Br. The standard InChI is InChI=1S/C13H15BrN2O2/c1-2-17-11-6-4-3-5-9(11)12(16-15)10-7-8-18-13(10)14/h3-8,12,16H,2,15H2,1H3. The zero-order valence-electron chi connectivity index (χ0n) is 10.0. The summed E-state index contributed by atoms with van der Waals surface area (Å²) >= 11 is 3.37. The Morgan fingerprint density at radius 3 is 2.72 bits per heavy atom. The summed E-state index contributed by atoms with van der Waals surface area (Å²) in [6, 6.07) is 9.49. The van der Waals surface area contributed by atoms with Gasteiger partial charge >= 0.3 is 0 Å². The van der Waals surface area contributed by atoms with Crippen molar-refractivity contribution in [3.63, 3.8) is 0 Å². The molecule has 3 N–H and O–H groups in total. The van der Waals surface area contributed by atoms with Crippen LogP contribution in [-0.2, 0) is 0 Å². The van der Waals surface area contributed by atoms with Gasteiger partial charge in [-0.1, -0.05) is 18.2 Å². The van der Waals surface area contributed by atoms with E-state index >= 15 is 0 Å². The van der Waals surface area contributed by atoms with Crippen molar-refractivity contribution in [2.45, 2.75) is 13.0 Å². The average molecular weight is 311 g/mol. The van der Waals surface area contributed by atoms with Gasteiger partial charge in [0.25, 0.3) is 0 Å². The Morgan fingerprint density at radius 2 is 2.11 bits per heavy atom. The molecule has 0 aliphatic rings. The van der Waals surface area contributed by atoms with Crippen molar-refractivity contribution in [1.29, 1.82) is 0 Å². The fourth-order valence-corrected chi connectivity index (χ4v) is 2.33. The molecule has 0 bridgehead atoms. The summed E-state index contributed by atoms with van der Waals surface area (Å²) in [6.45, 7) is 2.57. The van der Waals surface area contributed by atoms with Crippen LogP contribution in [0.2, 0.25) is 0 Å². The fourth-order valence-electron chi connectivity index (χ4n) is 1.86. The number of hydrogen-bond donors (Lipinski definition) is 2. The summed E-state index contributed by atoms with van der Waals surface area (Å²) in [5.74, 6) is 6.48. The Labute approximate surface area is 114 Å². The Balaban J connectivity index is 2.42. The first-order valence-electron chi connectivity index (χ1n) is 5.68. The Bertz CT molecular complexity index is 513. The number of nitrogens with one attached hydrogen (secondary N) is 1. The predicted octanol–water partition coefficient (Wildman–Crippen LogP) is 2.99. The number of furan rings is 1. The Hall–Kier alpha value is -1.30. The minimum absolute atomic E-state index is 0.180. The van der Waals surface area contributed by atoms with Gasteiger partial charge in [0, 0.05) is 11.1 Å². The summed E-state index contributed by atoms with van der Waals surface area (Å²) in [6.07, 6.45) is 1.62. The van der Waals surface area contributed by atoms with Crippen LogP contribution in [0.4, 0.5) is 0 Å². The van der Waals surface area contributed by atoms with Crippen LogP contribution in [0, 0.1) is 0 Å². The lowest BCUT2D eigenvalue weighted by atomic mass is 10.0. The van der Waals surface area contributed by atoms with E-state index in [0.29, 0.717) is 11.3 Å². The maximum Gasteiger partial charge on any atom is 0.174 e. The van der Waals surface area contributed by atoms with Crippen molar-refractivity contribution in [3.05, 3.63) is 52.4 Å². The fraction of sp³-hybridized carbons (Fsp3) is 0.231. The molecule has 18 heavy (non-hydrogen) atoms. The molecule has 0 fully saturated rings. The van der Waals surface area contributed by atoms with Crippen LogP contribution in [-0.4, -0.2) is 6.61 Å². The number of ether oxygens (including phenoxy) is 1. The lowest BCUT2D eigenvalue weighted by Gasteiger charge is -2.18. The molecule has 1 heterocycles. The number of hydrazine groups is 1. The van der Waals surface area contributed by atoms with Crippen molar-refractivity contribution in [3.8, 4) is 5.75 Å². The van der Waals surface area contributed by atoms with Crippen molar-refractivity contribution in [2.24, 2.45) is 5.84 Å². The van der Waals surface area contributed by atoms with Crippen LogP contribution in [0.3, 0.4) is 0 Å². The molecule has 0 aliphatic heterocycles. The topological polar surface area (TPSA) is 60.4 Å². The van der Waals surface area contributed by atoms with Crippen molar-refractivity contribution < 1.29 is 9.15 Å². The molecule has 1 atom stereocenters. The lowest BCUT2D eigenvalue weighted by Crippen LogP contribution is -2.29. The summed E-state index contributed by atoms with van der Waals surface area (Å²) in [7, 11) is 0. The molecule has 0 saturated carbocycles. The quantitative estimate of drug-likeness (QED) is 0.658. The molecule has 1 aromatic carbocycles. The normalized spacial score (nSPS) is 12.4. The minimum Gasteiger partial charge on any atom is -0.494 e. The second kappa shape index (κ2) is 6.04. The van der Waals surface area contributed by atoms with Crippen LogP contribution >= 0.6 is 15.9 Å². The summed E-state index contributed by atoms with van der Waals surface area (Å²) in [5.41, 5.74) is 4.70. The van der Waals surface area contributed by atoms with E-state index in [1.54, 1.807) is 6.26 Å². The van der Waals surface area contributed by atoms with Crippen LogP contribution in [0.25, 0.3) is 0 Å². The second-order valence-corrected chi connectivity index (χ2v) is 4.44. The van der Waals surface area contributed by atoms with Gasteiger partial charge in [-0.05, 0) is 35.0 Å². The maximum absolute atomic E-state index is 5.66. The number of nitrogens with two attached hydrogens (primary N) is 1. The molecule has 2 rings (SSSR count). The average Bonchev–Trinajstić information content (AvgIpc) is 2.79.